The number of rotatable bonds is 16. The largest absolute Gasteiger partial charge is 0.454 e. The van der Waals surface area contributed by atoms with E-state index >= 15 is 0 Å². The first-order valence-corrected chi connectivity index (χ1v) is 22.8. The molecule has 362 valence electrons. The summed E-state index contributed by atoms with van der Waals surface area (Å²) in [4.78, 5) is 0. The summed E-state index contributed by atoms with van der Waals surface area (Å²) in [5.74, 6) is 1.40. The average molecular weight is 915 g/mol. The van der Waals surface area contributed by atoms with Crippen molar-refractivity contribution in [1.82, 2.24) is 0 Å². The Hall–Kier alpha value is -3.46. The van der Waals surface area contributed by atoms with Crippen LogP contribution in [0, 0.1) is 19.8 Å². The highest BCUT2D eigenvalue weighted by atomic mass is 16.8. The molecule has 0 radical (unpaired) electrons. The second-order valence-electron chi connectivity index (χ2n) is 18.6. The number of aliphatic hydroxyl groups excluding tert-OH is 8. The quantitative estimate of drug-likeness (QED) is 0.0966. The van der Waals surface area contributed by atoms with Gasteiger partial charge >= 0.3 is 0 Å². The molecule has 3 aromatic carbocycles. The van der Waals surface area contributed by atoms with Gasteiger partial charge in [0, 0.05) is 5.92 Å². The molecule has 3 aromatic rings. The Morgan fingerprint density at radius 1 is 0.508 bits per heavy atom. The number of hydrogen-bond donors (Lipinski definition) is 8. The van der Waals surface area contributed by atoms with Crippen LogP contribution in [0.25, 0.3) is 0 Å². The van der Waals surface area contributed by atoms with Gasteiger partial charge in [-0.05, 0) is 90.1 Å². The standard InChI is InChI=1S/C49H70O16/c1-11-31-39(53)38(52)27(10)47(60-31)64-45-36(20-50)62-49(43(57)40(45)54)65-46-37(21-51)61-48(42(56)41(46)55)63-44-34(58-32-14-12-28(22(2)3)16-25(32)8)18-30(24(6)7)19-35(44)59-33-15-13-29(23(4)5)17-26(33)9/h12-19,22-24,27,31,36-43,45-57H,11,20-21H2,1-10H3. The van der Waals surface area contributed by atoms with Gasteiger partial charge in [0.25, 0.3) is 0 Å². The van der Waals surface area contributed by atoms with Crippen LogP contribution in [0.4, 0.5) is 0 Å². The van der Waals surface area contributed by atoms with Crippen LogP contribution in [0.3, 0.4) is 0 Å². The van der Waals surface area contributed by atoms with Crippen molar-refractivity contribution in [3.05, 3.63) is 76.3 Å². The van der Waals surface area contributed by atoms with Crippen LogP contribution in [-0.2, 0) is 23.7 Å². The first-order chi connectivity index (χ1) is 30.8. The van der Waals surface area contributed by atoms with Crippen molar-refractivity contribution in [2.45, 2.75) is 179 Å². The van der Waals surface area contributed by atoms with Crippen LogP contribution in [0.15, 0.2) is 48.5 Å². The second kappa shape index (κ2) is 21.7. The number of hydrogen-bond acceptors (Lipinski definition) is 16. The van der Waals surface area contributed by atoms with Gasteiger partial charge in [0.1, 0.15) is 66.4 Å². The van der Waals surface area contributed by atoms with E-state index in [0.29, 0.717) is 17.9 Å². The summed E-state index contributed by atoms with van der Waals surface area (Å²) in [6.07, 6.45) is -20.3. The van der Waals surface area contributed by atoms with E-state index in [9.17, 15) is 40.9 Å². The number of aryl methyl sites for hydroxylation is 2. The molecule has 0 amide bonds. The molecule has 15 atom stereocenters. The molecule has 0 aliphatic carbocycles. The molecule has 3 heterocycles. The van der Waals surface area contributed by atoms with E-state index in [1.165, 1.54) is 0 Å². The van der Waals surface area contributed by atoms with Crippen LogP contribution in [-0.4, -0.2) is 140 Å². The lowest BCUT2D eigenvalue weighted by Gasteiger charge is -2.48. The normalized spacial score (nSPS) is 33.2. The van der Waals surface area contributed by atoms with E-state index in [1.54, 1.807) is 13.8 Å². The van der Waals surface area contributed by atoms with Crippen LogP contribution in [0.2, 0.25) is 0 Å². The molecule has 0 bridgehead atoms. The molecule has 3 saturated heterocycles. The molecule has 15 unspecified atom stereocenters. The summed E-state index contributed by atoms with van der Waals surface area (Å²) in [6, 6.07) is 15.4. The highest BCUT2D eigenvalue weighted by Gasteiger charge is 2.53. The Morgan fingerprint density at radius 2 is 0.938 bits per heavy atom. The summed E-state index contributed by atoms with van der Waals surface area (Å²) in [5, 5.41) is 88.0. The summed E-state index contributed by atoms with van der Waals surface area (Å²) in [6.45, 7) is 18.2. The van der Waals surface area contributed by atoms with Crippen LogP contribution >= 0.6 is 0 Å². The predicted octanol–water partition coefficient (Wildman–Crippen LogP) is 4.78. The van der Waals surface area contributed by atoms with Crippen molar-refractivity contribution in [3.63, 3.8) is 0 Å². The van der Waals surface area contributed by atoms with Crippen molar-refractivity contribution in [3.8, 4) is 28.7 Å². The Labute approximate surface area is 381 Å². The topological polar surface area (TPSA) is 236 Å². The minimum atomic E-state index is -1.85. The third-order valence-corrected chi connectivity index (χ3v) is 12.7. The zero-order chi connectivity index (χ0) is 47.6. The molecule has 65 heavy (non-hydrogen) atoms. The molecule has 0 aromatic heterocycles. The first kappa shape index (κ1) is 50.9. The average Bonchev–Trinajstić information content (AvgIpc) is 3.27. The Balaban J connectivity index is 1.27. The van der Waals surface area contributed by atoms with E-state index < -0.39 is 105 Å². The van der Waals surface area contributed by atoms with E-state index in [1.807, 2.05) is 76.2 Å². The molecule has 16 nitrogen and oxygen atoms in total. The fourth-order valence-electron chi connectivity index (χ4n) is 8.37. The van der Waals surface area contributed by atoms with Crippen molar-refractivity contribution in [2.75, 3.05) is 13.2 Å². The summed E-state index contributed by atoms with van der Waals surface area (Å²) < 4.78 is 49.6. The molecule has 16 heteroatoms. The lowest BCUT2D eigenvalue weighted by atomic mass is 9.91. The SMILES string of the molecule is CCC1OC(OC2C(CO)OC(OC3C(CO)OC(Oc4c(Oc5ccc(C(C)C)cc5C)cc(C(C)C)cc4Oc4ccc(C(C)C)cc4C)C(O)C3O)C(O)C2O)C(C)C(O)C1O. The van der Waals surface area contributed by atoms with E-state index in [0.717, 1.165) is 27.8 Å². The van der Waals surface area contributed by atoms with Crippen molar-refractivity contribution < 1.29 is 78.7 Å². The minimum absolute atomic E-state index is 0.0141. The van der Waals surface area contributed by atoms with Crippen molar-refractivity contribution >= 4 is 0 Å². The molecule has 3 fully saturated rings. The zero-order valence-electron chi connectivity index (χ0n) is 39.0. The van der Waals surface area contributed by atoms with Gasteiger partial charge in [0.15, 0.2) is 24.1 Å². The molecule has 8 N–H and O–H groups in total. The third-order valence-electron chi connectivity index (χ3n) is 12.7. The summed E-state index contributed by atoms with van der Waals surface area (Å²) in [5.41, 5.74) is 4.84. The fourth-order valence-corrected chi connectivity index (χ4v) is 8.37. The number of aliphatic hydroxyl groups is 8. The van der Waals surface area contributed by atoms with E-state index in [2.05, 4.69) is 27.7 Å². The smallest absolute Gasteiger partial charge is 0.229 e. The van der Waals surface area contributed by atoms with Gasteiger partial charge in [-0.3, -0.25) is 0 Å². The van der Waals surface area contributed by atoms with Gasteiger partial charge in [0.2, 0.25) is 12.0 Å². The third kappa shape index (κ3) is 11.1. The van der Waals surface area contributed by atoms with Crippen LogP contribution in [0.5, 0.6) is 28.7 Å². The molecule has 0 spiro atoms. The molecule has 0 saturated carbocycles. The highest BCUT2D eigenvalue weighted by molar-refractivity contribution is 5.58. The van der Waals surface area contributed by atoms with Gasteiger partial charge in [-0.1, -0.05) is 79.7 Å². The van der Waals surface area contributed by atoms with E-state index in [4.69, 9.17) is 37.9 Å². The van der Waals surface area contributed by atoms with Crippen LogP contribution < -0.4 is 14.2 Å². The maximum atomic E-state index is 11.7. The zero-order valence-corrected chi connectivity index (χ0v) is 39.0. The van der Waals surface area contributed by atoms with Gasteiger partial charge in [-0.25, -0.2) is 0 Å². The Morgan fingerprint density at radius 3 is 1.37 bits per heavy atom. The van der Waals surface area contributed by atoms with Gasteiger partial charge < -0.3 is 78.7 Å². The molecule has 6 rings (SSSR count). The van der Waals surface area contributed by atoms with Crippen LogP contribution in [0.1, 0.15) is 107 Å². The summed E-state index contributed by atoms with van der Waals surface area (Å²) in [7, 11) is 0. The lowest BCUT2D eigenvalue weighted by Crippen LogP contribution is -2.66. The molecule has 3 aliphatic rings. The van der Waals surface area contributed by atoms with Crippen molar-refractivity contribution in [1.29, 1.82) is 0 Å². The molecular formula is C49H70O16. The maximum absolute atomic E-state index is 11.7. The Bertz CT molecular complexity index is 1940. The minimum Gasteiger partial charge on any atom is -0.454 e. The highest BCUT2D eigenvalue weighted by Crippen LogP contribution is 2.47. The van der Waals surface area contributed by atoms with Gasteiger partial charge in [0.05, 0.1) is 25.4 Å². The predicted molar refractivity (Wildman–Crippen MR) is 237 cm³/mol. The Kier molecular flexibility index (Phi) is 17.0. The molecule has 3 aliphatic heterocycles. The van der Waals surface area contributed by atoms with Gasteiger partial charge in [-0.15, -0.1) is 0 Å². The fraction of sp³-hybridized carbons (Fsp3) is 0.633. The van der Waals surface area contributed by atoms with Gasteiger partial charge in [-0.2, -0.15) is 0 Å². The number of benzene rings is 3. The first-order valence-electron chi connectivity index (χ1n) is 22.8. The van der Waals surface area contributed by atoms with Crippen molar-refractivity contribution in [2.24, 2.45) is 5.92 Å². The second-order valence-corrected chi connectivity index (χ2v) is 18.6. The lowest BCUT2D eigenvalue weighted by molar-refractivity contribution is -0.372. The number of ether oxygens (including phenoxy) is 8. The monoisotopic (exact) mass is 914 g/mol. The summed E-state index contributed by atoms with van der Waals surface area (Å²) >= 11 is 0. The van der Waals surface area contributed by atoms with E-state index in [-0.39, 0.29) is 35.0 Å². The molecular weight excluding hydrogens is 845 g/mol. The maximum Gasteiger partial charge on any atom is 0.229 e.